The van der Waals surface area contributed by atoms with Gasteiger partial charge in [0.15, 0.2) is 0 Å². The number of rotatable bonds is 7. The lowest BCUT2D eigenvalue weighted by Crippen LogP contribution is -2.16. The Hall–Kier alpha value is -2.41. The van der Waals surface area contributed by atoms with Crippen molar-refractivity contribution in [3.05, 3.63) is 48.0 Å². The van der Waals surface area contributed by atoms with E-state index in [2.05, 4.69) is 4.72 Å². The van der Waals surface area contributed by atoms with E-state index in [1.807, 2.05) is 6.07 Å². The van der Waals surface area contributed by atoms with Crippen LogP contribution in [0.25, 0.3) is 0 Å². The first kappa shape index (κ1) is 17.0. The summed E-state index contributed by atoms with van der Waals surface area (Å²) in [6.07, 6.45) is 0. The first-order valence-electron chi connectivity index (χ1n) is 6.83. The molecule has 0 aromatic heterocycles. The van der Waals surface area contributed by atoms with E-state index in [4.69, 9.17) is 14.2 Å². The standard InChI is InChI=1S/C16H19NO5S/c1-20-13-9-14(21-2)16(15(10-13)22-3)17-23(18,19)11-12-7-5-4-6-8-12/h4-10,17H,11H2,1-3H3. The number of hydrogen-bond donors (Lipinski definition) is 1. The molecule has 2 rings (SSSR count). The largest absolute Gasteiger partial charge is 0.496 e. The van der Waals surface area contributed by atoms with Gasteiger partial charge in [-0.25, -0.2) is 8.42 Å². The summed E-state index contributed by atoms with van der Waals surface area (Å²) in [5.74, 6) is 0.993. The van der Waals surface area contributed by atoms with Crippen molar-refractivity contribution in [2.75, 3.05) is 26.1 Å². The maximum absolute atomic E-state index is 12.4. The molecule has 6 nitrogen and oxygen atoms in total. The number of nitrogens with one attached hydrogen (secondary N) is 1. The molecule has 0 atom stereocenters. The van der Waals surface area contributed by atoms with Gasteiger partial charge in [0.2, 0.25) is 10.0 Å². The van der Waals surface area contributed by atoms with E-state index in [0.29, 0.717) is 22.8 Å². The van der Waals surface area contributed by atoms with Crippen molar-refractivity contribution in [2.24, 2.45) is 0 Å². The monoisotopic (exact) mass is 337 g/mol. The fourth-order valence-electron chi connectivity index (χ4n) is 2.09. The van der Waals surface area contributed by atoms with E-state index in [9.17, 15) is 8.42 Å². The van der Waals surface area contributed by atoms with Gasteiger partial charge in [-0.05, 0) is 5.56 Å². The molecule has 0 saturated carbocycles. The zero-order valence-corrected chi connectivity index (χ0v) is 14.0. The second-order valence-corrected chi connectivity index (χ2v) is 6.48. The van der Waals surface area contributed by atoms with Crippen LogP contribution in [0, 0.1) is 0 Å². The van der Waals surface area contributed by atoms with E-state index in [1.165, 1.54) is 21.3 Å². The molecule has 0 spiro atoms. The molecule has 0 bridgehead atoms. The Morgan fingerprint density at radius 1 is 0.913 bits per heavy atom. The van der Waals surface area contributed by atoms with Gasteiger partial charge in [-0.3, -0.25) is 4.72 Å². The number of sulfonamides is 1. The Labute approximate surface area is 136 Å². The molecule has 0 amide bonds. The maximum Gasteiger partial charge on any atom is 0.237 e. The fourth-order valence-corrected chi connectivity index (χ4v) is 3.31. The predicted molar refractivity (Wildman–Crippen MR) is 88.8 cm³/mol. The highest BCUT2D eigenvalue weighted by atomic mass is 32.2. The first-order valence-corrected chi connectivity index (χ1v) is 8.48. The maximum atomic E-state index is 12.4. The summed E-state index contributed by atoms with van der Waals surface area (Å²) >= 11 is 0. The molecule has 0 radical (unpaired) electrons. The van der Waals surface area contributed by atoms with Crippen LogP contribution in [0.1, 0.15) is 5.56 Å². The van der Waals surface area contributed by atoms with Gasteiger partial charge >= 0.3 is 0 Å². The zero-order valence-electron chi connectivity index (χ0n) is 13.2. The van der Waals surface area contributed by atoms with Gasteiger partial charge < -0.3 is 14.2 Å². The van der Waals surface area contributed by atoms with Crippen LogP contribution in [0.3, 0.4) is 0 Å². The van der Waals surface area contributed by atoms with E-state index in [0.717, 1.165) is 0 Å². The van der Waals surface area contributed by atoms with Crippen molar-refractivity contribution in [3.63, 3.8) is 0 Å². The minimum Gasteiger partial charge on any atom is -0.496 e. The average molecular weight is 337 g/mol. The highest BCUT2D eigenvalue weighted by Gasteiger charge is 2.19. The molecule has 1 N–H and O–H groups in total. The smallest absolute Gasteiger partial charge is 0.237 e. The Kier molecular flexibility index (Phi) is 5.33. The van der Waals surface area contributed by atoms with Crippen molar-refractivity contribution in [2.45, 2.75) is 5.75 Å². The summed E-state index contributed by atoms with van der Waals surface area (Å²) in [4.78, 5) is 0. The first-order chi connectivity index (χ1) is 11.0. The second kappa shape index (κ2) is 7.23. The summed E-state index contributed by atoms with van der Waals surface area (Å²) in [7, 11) is 0.779. The lowest BCUT2D eigenvalue weighted by Gasteiger charge is -2.16. The summed E-state index contributed by atoms with van der Waals surface area (Å²) in [5, 5.41) is 0. The number of hydrogen-bond acceptors (Lipinski definition) is 5. The van der Waals surface area contributed by atoms with Crippen LogP contribution in [0.4, 0.5) is 5.69 Å². The van der Waals surface area contributed by atoms with Crippen LogP contribution in [-0.4, -0.2) is 29.7 Å². The third-order valence-electron chi connectivity index (χ3n) is 3.17. The van der Waals surface area contributed by atoms with Gasteiger partial charge in [-0.1, -0.05) is 30.3 Å². The Morgan fingerprint density at radius 2 is 1.48 bits per heavy atom. The predicted octanol–water partition coefficient (Wildman–Crippen LogP) is 2.65. The number of anilines is 1. The lowest BCUT2D eigenvalue weighted by molar-refractivity contribution is 0.378. The Morgan fingerprint density at radius 3 is 1.96 bits per heavy atom. The molecule has 2 aromatic rings. The molecule has 23 heavy (non-hydrogen) atoms. The molecular weight excluding hydrogens is 318 g/mol. The SMILES string of the molecule is COc1cc(OC)c(NS(=O)(=O)Cc2ccccc2)c(OC)c1. The van der Waals surface area contributed by atoms with Crippen LogP contribution in [-0.2, 0) is 15.8 Å². The lowest BCUT2D eigenvalue weighted by atomic mass is 10.2. The van der Waals surface area contributed by atoms with E-state index >= 15 is 0 Å². The average Bonchev–Trinajstić information content (AvgIpc) is 2.55. The molecule has 7 heteroatoms. The molecular formula is C16H19NO5S. The number of benzene rings is 2. The van der Waals surface area contributed by atoms with Crippen LogP contribution in [0.5, 0.6) is 17.2 Å². The van der Waals surface area contributed by atoms with E-state index in [1.54, 1.807) is 36.4 Å². The molecule has 2 aromatic carbocycles. The van der Waals surface area contributed by atoms with Gasteiger partial charge in [0.25, 0.3) is 0 Å². The van der Waals surface area contributed by atoms with Crippen molar-refractivity contribution < 1.29 is 22.6 Å². The molecule has 0 unspecified atom stereocenters. The molecule has 0 aliphatic carbocycles. The summed E-state index contributed by atoms with van der Waals surface area (Å²) in [6.45, 7) is 0. The summed E-state index contributed by atoms with van der Waals surface area (Å²) in [6, 6.07) is 12.1. The van der Waals surface area contributed by atoms with Crippen molar-refractivity contribution in [3.8, 4) is 17.2 Å². The van der Waals surface area contributed by atoms with Crippen molar-refractivity contribution in [1.82, 2.24) is 0 Å². The minimum absolute atomic E-state index is 0.147. The highest BCUT2D eigenvalue weighted by Crippen LogP contribution is 2.39. The zero-order chi connectivity index (χ0) is 16.9. The topological polar surface area (TPSA) is 73.9 Å². The Balaban J connectivity index is 2.34. The normalized spacial score (nSPS) is 10.9. The third-order valence-corrected chi connectivity index (χ3v) is 4.40. The van der Waals surface area contributed by atoms with Crippen LogP contribution >= 0.6 is 0 Å². The van der Waals surface area contributed by atoms with Crippen molar-refractivity contribution in [1.29, 1.82) is 0 Å². The minimum atomic E-state index is -3.62. The number of methoxy groups -OCH3 is 3. The molecule has 0 fully saturated rings. The second-order valence-electron chi connectivity index (χ2n) is 4.75. The summed E-state index contributed by atoms with van der Waals surface area (Å²) in [5.41, 5.74) is 0.929. The van der Waals surface area contributed by atoms with Crippen LogP contribution in [0.2, 0.25) is 0 Å². The van der Waals surface area contributed by atoms with E-state index in [-0.39, 0.29) is 11.4 Å². The van der Waals surface area contributed by atoms with Gasteiger partial charge in [0.05, 0.1) is 27.1 Å². The van der Waals surface area contributed by atoms with E-state index < -0.39 is 10.0 Å². The van der Waals surface area contributed by atoms with Crippen LogP contribution in [0.15, 0.2) is 42.5 Å². The highest BCUT2D eigenvalue weighted by molar-refractivity contribution is 7.91. The Bertz CT molecular complexity index is 734. The number of ether oxygens (including phenoxy) is 3. The van der Waals surface area contributed by atoms with Gasteiger partial charge in [0, 0.05) is 12.1 Å². The van der Waals surface area contributed by atoms with Crippen LogP contribution < -0.4 is 18.9 Å². The fraction of sp³-hybridized carbons (Fsp3) is 0.250. The molecule has 0 saturated heterocycles. The third kappa shape index (κ3) is 4.29. The molecule has 124 valence electrons. The molecule has 0 aliphatic rings. The quantitative estimate of drug-likeness (QED) is 0.841. The van der Waals surface area contributed by atoms with Gasteiger partial charge in [0.1, 0.15) is 22.9 Å². The molecule has 0 aliphatic heterocycles. The van der Waals surface area contributed by atoms with Gasteiger partial charge in [-0.15, -0.1) is 0 Å². The molecule has 0 heterocycles. The summed E-state index contributed by atoms with van der Waals surface area (Å²) < 4.78 is 43.0. The van der Waals surface area contributed by atoms with Gasteiger partial charge in [-0.2, -0.15) is 0 Å². The van der Waals surface area contributed by atoms with Crippen molar-refractivity contribution >= 4 is 15.7 Å².